The second-order valence-corrected chi connectivity index (χ2v) is 3.68. The van der Waals surface area contributed by atoms with Crippen LogP contribution in [0.15, 0.2) is 18.2 Å². The zero-order chi connectivity index (χ0) is 11.9. The van der Waals surface area contributed by atoms with Crippen molar-refractivity contribution < 1.29 is 8.78 Å². The van der Waals surface area contributed by atoms with Crippen LogP contribution in [0, 0.1) is 18.6 Å². The molecule has 0 aliphatic heterocycles. The smallest absolute Gasteiger partial charge is 0.135 e. The molecule has 1 heterocycles. The summed E-state index contributed by atoms with van der Waals surface area (Å²) in [6.07, 6.45) is 0. The zero-order valence-corrected chi connectivity index (χ0v) is 8.96. The van der Waals surface area contributed by atoms with Crippen molar-refractivity contribution in [3.8, 4) is 11.3 Å². The van der Waals surface area contributed by atoms with Crippen LogP contribution in [0.3, 0.4) is 0 Å². The maximum Gasteiger partial charge on any atom is 0.135 e. The van der Waals surface area contributed by atoms with E-state index in [2.05, 4.69) is 5.10 Å². The van der Waals surface area contributed by atoms with E-state index in [0.29, 0.717) is 11.4 Å². The minimum atomic E-state index is -0.629. The summed E-state index contributed by atoms with van der Waals surface area (Å²) >= 11 is 0. The molecule has 2 N–H and O–H groups in total. The first-order valence-electron chi connectivity index (χ1n) is 4.74. The Bertz CT molecular complexity index is 504. The van der Waals surface area contributed by atoms with Gasteiger partial charge in [0.05, 0.1) is 5.56 Å². The van der Waals surface area contributed by atoms with E-state index in [4.69, 9.17) is 5.73 Å². The van der Waals surface area contributed by atoms with Crippen molar-refractivity contribution in [3.05, 3.63) is 35.4 Å². The number of rotatable bonds is 1. The molecule has 1 aromatic heterocycles. The molecule has 0 unspecified atom stereocenters. The topological polar surface area (TPSA) is 43.8 Å². The molecule has 16 heavy (non-hydrogen) atoms. The quantitative estimate of drug-likeness (QED) is 0.805. The van der Waals surface area contributed by atoms with E-state index in [1.54, 1.807) is 14.0 Å². The lowest BCUT2D eigenvalue weighted by Crippen LogP contribution is -1.97. The van der Waals surface area contributed by atoms with Crippen LogP contribution >= 0.6 is 0 Å². The Morgan fingerprint density at radius 1 is 1.19 bits per heavy atom. The predicted molar refractivity (Wildman–Crippen MR) is 57.7 cm³/mol. The van der Waals surface area contributed by atoms with Crippen molar-refractivity contribution in [2.45, 2.75) is 6.92 Å². The molecular formula is C11H11F2N3. The van der Waals surface area contributed by atoms with Gasteiger partial charge in [0.2, 0.25) is 0 Å². The third-order valence-corrected chi connectivity index (χ3v) is 2.36. The Balaban J connectivity index is 2.64. The first-order chi connectivity index (χ1) is 7.49. The van der Waals surface area contributed by atoms with Crippen molar-refractivity contribution in [1.82, 2.24) is 9.78 Å². The second kappa shape index (κ2) is 3.59. The number of halogens is 2. The van der Waals surface area contributed by atoms with E-state index in [1.165, 1.54) is 22.9 Å². The monoisotopic (exact) mass is 223 g/mol. The van der Waals surface area contributed by atoms with Gasteiger partial charge in [-0.2, -0.15) is 5.10 Å². The van der Waals surface area contributed by atoms with E-state index in [0.717, 1.165) is 0 Å². The number of anilines is 1. The molecule has 0 aliphatic rings. The number of aryl methyl sites for hydroxylation is 2. The number of benzene rings is 1. The Hall–Kier alpha value is -1.91. The average Bonchev–Trinajstić information content (AvgIpc) is 2.44. The van der Waals surface area contributed by atoms with Gasteiger partial charge in [0.25, 0.3) is 0 Å². The molecule has 0 atom stereocenters. The zero-order valence-electron chi connectivity index (χ0n) is 8.96. The summed E-state index contributed by atoms with van der Waals surface area (Å²) in [4.78, 5) is 0. The molecule has 0 saturated heterocycles. The van der Waals surface area contributed by atoms with Gasteiger partial charge in [0.15, 0.2) is 0 Å². The summed E-state index contributed by atoms with van der Waals surface area (Å²) in [5.41, 5.74) is 6.16. The summed E-state index contributed by atoms with van der Waals surface area (Å²) in [5.74, 6) is -0.902. The SMILES string of the molecule is Cc1cc(F)c(-c2cc(N)n(C)n2)c(F)c1. The van der Waals surface area contributed by atoms with Gasteiger partial charge in [-0.05, 0) is 24.6 Å². The van der Waals surface area contributed by atoms with Gasteiger partial charge in [0.1, 0.15) is 23.1 Å². The summed E-state index contributed by atoms with van der Waals surface area (Å²) in [5, 5.41) is 3.94. The molecular weight excluding hydrogens is 212 g/mol. The molecule has 0 radical (unpaired) electrons. The van der Waals surface area contributed by atoms with Crippen molar-refractivity contribution in [2.75, 3.05) is 5.73 Å². The van der Waals surface area contributed by atoms with E-state index in [-0.39, 0.29) is 11.3 Å². The van der Waals surface area contributed by atoms with Crippen LogP contribution in [0.4, 0.5) is 14.6 Å². The molecule has 84 valence electrons. The van der Waals surface area contributed by atoms with Crippen molar-refractivity contribution >= 4 is 5.82 Å². The Morgan fingerprint density at radius 2 is 1.75 bits per heavy atom. The number of nitrogen functional groups attached to an aromatic ring is 1. The highest BCUT2D eigenvalue weighted by atomic mass is 19.1. The Kier molecular flexibility index (Phi) is 2.38. The molecule has 2 rings (SSSR count). The van der Waals surface area contributed by atoms with Crippen LogP contribution in [-0.4, -0.2) is 9.78 Å². The number of hydrogen-bond acceptors (Lipinski definition) is 2. The minimum absolute atomic E-state index is 0.141. The summed E-state index contributed by atoms with van der Waals surface area (Å²) in [7, 11) is 1.61. The fourth-order valence-electron chi connectivity index (χ4n) is 1.55. The van der Waals surface area contributed by atoms with Crippen LogP contribution in [0.1, 0.15) is 5.56 Å². The van der Waals surface area contributed by atoms with Gasteiger partial charge in [-0.1, -0.05) is 0 Å². The number of hydrogen-bond donors (Lipinski definition) is 1. The predicted octanol–water partition coefficient (Wildman–Crippen LogP) is 2.26. The fraction of sp³-hybridized carbons (Fsp3) is 0.182. The highest BCUT2D eigenvalue weighted by Gasteiger charge is 2.15. The lowest BCUT2D eigenvalue weighted by molar-refractivity contribution is 0.586. The van der Waals surface area contributed by atoms with E-state index < -0.39 is 11.6 Å². The van der Waals surface area contributed by atoms with Gasteiger partial charge in [-0.15, -0.1) is 0 Å². The standard InChI is InChI=1S/C11H11F2N3/c1-6-3-7(12)11(8(13)4-6)9-5-10(14)16(2)15-9/h3-5H,14H2,1-2H3. The molecule has 0 aliphatic carbocycles. The van der Waals surface area contributed by atoms with E-state index in [9.17, 15) is 8.78 Å². The van der Waals surface area contributed by atoms with Gasteiger partial charge in [-0.3, -0.25) is 4.68 Å². The minimum Gasteiger partial charge on any atom is -0.384 e. The molecule has 0 bridgehead atoms. The third kappa shape index (κ3) is 1.64. The molecule has 3 nitrogen and oxygen atoms in total. The third-order valence-electron chi connectivity index (χ3n) is 2.36. The van der Waals surface area contributed by atoms with Crippen LogP contribution in [0.5, 0.6) is 0 Å². The van der Waals surface area contributed by atoms with Gasteiger partial charge >= 0.3 is 0 Å². The van der Waals surface area contributed by atoms with Crippen molar-refractivity contribution in [2.24, 2.45) is 7.05 Å². The first kappa shape index (κ1) is 10.6. The lowest BCUT2D eigenvalue weighted by Gasteiger charge is -2.02. The summed E-state index contributed by atoms with van der Waals surface area (Å²) in [6.45, 7) is 1.63. The molecule has 1 aromatic carbocycles. The van der Waals surface area contributed by atoms with Gasteiger partial charge in [0, 0.05) is 13.1 Å². The van der Waals surface area contributed by atoms with E-state index >= 15 is 0 Å². The summed E-state index contributed by atoms with van der Waals surface area (Å²) < 4.78 is 28.6. The maximum absolute atomic E-state index is 13.6. The van der Waals surface area contributed by atoms with Gasteiger partial charge < -0.3 is 5.73 Å². The van der Waals surface area contributed by atoms with Crippen LogP contribution in [0.2, 0.25) is 0 Å². The number of nitrogens with zero attached hydrogens (tertiary/aromatic N) is 2. The fourth-order valence-corrected chi connectivity index (χ4v) is 1.55. The van der Waals surface area contributed by atoms with Crippen molar-refractivity contribution in [3.63, 3.8) is 0 Å². The molecule has 0 amide bonds. The van der Waals surface area contributed by atoms with Gasteiger partial charge in [-0.25, -0.2) is 8.78 Å². The van der Waals surface area contributed by atoms with Crippen LogP contribution in [-0.2, 0) is 7.05 Å². The molecule has 0 spiro atoms. The number of aromatic nitrogens is 2. The molecule has 0 fully saturated rings. The second-order valence-electron chi connectivity index (χ2n) is 3.68. The normalized spacial score (nSPS) is 10.8. The van der Waals surface area contributed by atoms with E-state index in [1.807, 2.05) is 0 Å². The Labute approximate surface area is 91.5 Å². The highest BCUT2D eigenvalue weighted by molar-refractivity contribution is 5.64. The molecule has 2 aromatic rings. The molecule has 5 heteroatoms. The summed E-state index contributed by atoms with van der Waals surface area (Å²) in [6, 6.07) is 3.98. The highest BCUT2D eigenvalue weighted by Crippen LogP contribution is 2.27. The lowest BCUT2D eigenvalue weighted by atomic mass is 10.1. The maximum atomic E-state index is 13.6. The Morgan fingerprint density at radius 3 is 2.19 bits per heavy atom. The molecule has 0 saturated carbocycles. The number of nitrogens with two attached hydrogens (primary N) is 1. The average molecular weight is 223 g/mol. The first-order valence-corrected chi connectivity index (χ1v) is 4.74. The van der Waals surface area contributed by atoms with Crippen LogP contribution in [0.25, 0.3) is 11.3 Å². The van der Waals surface area contributed by atoms with Crippen molar-refractivity contribution in [1.29, 1.82) is 0 Å². The largest absolute Gasteiger partial charge is 0.384 e. The van der Waals surface area contributed by atoms with Crippen LogP contribution < -0.4 is 5.73 Å².